The summed E-state index contributed by atoms with van der Waals surface area (Å²) in [7, 11) is 0. The normalized spacial score (nSPS) is 12.0. The lowest BCUT2D eigenvalue weighted by Gasteiger charge is -2.14. The minimum Gasteiger partial charge on any atom is -0.244 e. The molecule has 0 saturated heterocycles. The minimum atomic E-state index is 0.0461. The van der Waals surface area contributed by atoms with E-state index >= 15 is 0 Å². The zero-order chi connectivity index (χ0) is 9.19. The van der Waals surface area contributed by atoms with E-state index in [9.17, 15) is 0 Å². The van der Waals surface area contributed by atoms with Crippen LogP contribution in [0.2, 0.25) is 0 Å². The van der Waals surface area contributed by atoms with E-state index < -0.39 is 0 Å². The van der Waals surface area contributed by atoms with Gasteiger partial charge in [0.1, 0.15) is 11.4 Å². The van der Waals surface area contributed by atoms with Crippen LogP contribution in [0.5, 0.6) is 0 Å². The SMILES string of the molecule is CCCc1nonc1C(C)(C)C. The molecule has 0 bridgehead atoms. The fraction of sp³-hybridized carbons (Fsp3) is 0.778. The first kappa shape index (κ1) is 9.23. The van der Waals surface area contributed by atoms with E-state index in [1.165, 1.54) is 0 Å². The summed E-state index contributed by atoms with van der Waals surface area (Å²) in [4.78, 5) is 0. The molecule has 0 aliphatic heterocycles. The van der Waals surface area contributed by atoms with Gasteiger partial charge in [-0.2, -0.15) is 0 Å². The third-order valence-electron chi connectivity index (χ3n) is 1.75. The average Bonchev–Trinajstić information content (AvgIpc) is 2.34. The lowest BCUT2D eigenvalue weighted by molar-refractivity contribution is 0.294. The van der Waals surface area contributed by atoms with Crippen molar-refractivity contribution >= 4 is 0 Å². The molecule has 1 aromatic heterocycles. The maximum atomic E-state index is 4.72. The second-order valence-corrected chi connectivity index (χ2v) is 4.06. The van der Waals surface area contributed by atoms with E-state index in [1.807, 2.05) is 0 Å². The van der Waals surface area contributed by atoms with Gasteiger partial charge < -0.3 is 0 Å². The van der Waals surface area contributed by atoms with Gasteiger partial charge in [0.25, 0.3) is 0 Å². The van der Waals surface area contributed by atoms with Crippen LogP contribution in [0.4, 0.5) is 0 Å². The Kier molecular flexibility index (Phi) is 2.50. The molecule has 68 valence electrons. The van der Waals surface area contributed by atoms with Gasteiger partial charge in [-0.3, -0.25) is 0 Å². The predicted molar refractivity (Wildman–Crippen MR) is 47.0 cm³/mol. The average molecular weight is 168 g/mol. The first-order chi connectivity index (χ1) is 5.55. The molecular weight excluding hydrogens is 152 g/mol. The van der Waals surface area contributed by atoms with Crippen LogP contribution in [0.3, 0.4) is 0 Å². The van der Waals surface area contributed by atoms with E-state index in [2.05, 4.69) is 38.0 Å². The van der Waals surface area contributed by atoms with E-state index in [1.54, 1.807) is 0 Å². The van der Waals surface area contributed by atoms with Crippen LogP contribution in [-0.4, -0.2) is 10.3 Å². The Hall–Kier alpha value is -0.860. The fourth-order valence-corrected chi connectivity index (χ4v) is 1.18. The largest absolute Gasteiger partial charge is 0.244 e. The van der Waals surface area contributed by atoms with Gasteiger partial charge in [-0.1, -0.05) is 44.4 Å². The molecule has 0 aliphatic carbocycles. The Morgan fingerprint density at radius 3 is 2.42 bits per heavy atom. The molecule has 0 spiro atoms. The van der Waals surface area contributed by atoms with Gasteiger partial charge in [-0.15, -0.1) is 0 Å². The van der Waals surface area contributed by atoms with E-state index in [0.717, 1.165) is 24.2 Å². The second kappa shape index (κ2) is 3.25. The van der Waals surface area contributed by atoms with Gasteiger partial charge in [-0.05, 0) is 6.42 Å². The van der Waals surface area contributed by atoms with Gasteiger partial charge in [0.15, 0.2) is 0 Å². The minimum absolute atomic E-state index is 0.0461. The molecule has 1 aromatic rings. The summed E-state index contributed by atoms with van der Waals surface area (Å²) in [5, 5.41) is 7.81. The molecule has 0 unspecified atom stereocenters. The summed E-state index contributed by atoms with van der Waals surface area (Å²) in [5.74, 6) is 0. The van der Waals surface area contributed by atoms with E-state index in [0.29, 0.717) is 0 Å². The number of aromatic nitrogens is 2. The second-order valence-electron chi connectivity index (χ2n) is 4.06. The van der Waals surface area contributed by atoms with Crippen molar-refractivity contribution in [3.63, 3.8) is 0 Å². The first-order valence-corrected chi connectivity index (χ1v) is 4.37. The van der Waals surface area contributed by atoms with E-state index in [-0.39, 0.29) is 5.41 Å². The Bertz CT molecular complexity index is 247. The number of rotatable bonds is 2. The molecule has 0 amide bonds. The van der Waals surface area contributed by atoms with Crippen molar-refractivity contribution in [3.8, 4) is 0 Å². The highest BCUT2D eigenvalue weighted by Crippen LogP contribution is 2.23. The standard InChI is InChI=1S/C9H16N2O/c1-5-6-7-8(9(2,3)4)11-12-10-7/h5-6H2,1-4H3. The summed E-state index contributed by atoms with van der Waals surface area (Å²) in [6.07, 6.45) is 2.04. The van der Waals surface area contributed by atoms with Gasteiger partial charge >= 0.3 is 0 Å². The summed E-state index contributed by atoms with van der Waals surface area (Å²) < 4.78 is 4.72. The van der Waals surface area contributed by atoms with Crippen LogP contribution in [-0.2, 0) is 11.8 Å². The highest BCUT2D eigenvalue weighted by atomic mass is 16.6. The van der Waals surface area contributed by atoms with Crippen LogP contribution in [0.15, 0.2) is 4.63 Å². The summed E-state index contributed by atoms with van der Waals surface area (Å²) >= 11 is 0. The quantitative estimate of drug-likeness (QED) is 0.680. The maximum absolute atomic E-state index is 4.72. The molecular formula is C9H16N2O. The van der Waals surface area contributed by atoms with Crippen molar-refractivity contribution in [3.05, 3.63) is 11.4 Å². The van der Waals surface area contributed by atoms with E-state index in [4.69, 9.17) is 4.63 Å². The van der Waals surface area contributed by atoms with Crippen LogP contribution >= 0.6 is 0 Å². The molecule has 3 heteroatoms. The number of nitrogens with zero attached hydrogens (tertiary/aromatic N) is 2. The molecule has 0 aromatic carbocycles. The predicted octanol–water partition coefficient (Wildman–Crippen LogP) is 2.32. The molecule has 0 aliphatic rings. The molecule has 0 N–H and O–H groups in total. The Balaban J connectivity index is 2.91. The van der Waals surface area contributed by atoms with Crippen molar-refractivity contribution in [1.29, 1.82) is 0 Å². The number of hydrogen-bond acceptors (Lipinski definition) is 3. The Morgan fingerprint density at radius 2 is 1.92 bits per heavy atom. The van der Waals surface area contributed by atoms with Gasteiger partial charge in [0, 0.05) is 5.41 Å². The fourth-order valence-electron chi connectivity index (χ4n) is 1.18. The summed E-state index contributed by atoms with van der Waals surface area (Å²) in [6, 6.07) is 0. The van der Waals surface area contributed by atoms with Gasteiger partial charge in [-0.25, -0.2) is 4.63 Å². The third-order valence-corrected chi connectivity index (χ3v) is 1.75. The molecule has 0 saturated carbocycles. The zero-order valence-corrected chi connectivity index (χ0v) is 8.22. The zero-order valence-electron chi connectivity index (χ0n) is 8.22. The highest BCUT2D eigenvalue weighted by Gasteiger charge is 2.22. The van der Waals surface area contributed by atoms with Crippen molar-refractivity contribution in [2.45, 2.75) is 46.0 Å². The maximum Gasteiger partial charge on any atom is 0.113 e. The summed E-state index contributed by atoms with van der Waals surface area (Å²) in [6.45, 7) is 8.48. The van der Waals surface area contributed by atoms with Gasteiger partial charge in [0.2, 0.25) is 0 Å². The smallest absolute Gasteiger partial charge is 0.113 e. The van der Waals surface area contributed by atoms with Gasteiger partial charge in [0.05, 0.1) is 0 Å². The molecule has 0 atom stereocenters. The topological polar surface area (TPSA) is 38.9 Å². The lowest BCUT2D eigenvalue weighted by atomic mass is 9.90. The molecule has 0 radical (unpaired) electrons. The molecule has 3 nitrogen and oxygen atoms in total. The molecule has 0 fully saturated rings. The Morgan fingerprint density at radius 1 is 1.25 bits per heavy atom. The van der Waals surface area contributed by atoms with Crippen LogP contribution < -0.4 is 0 Å². The van der Waals surface area contributed by atoms with Crippen LogP contribution in [0.25, 0.3) is 0 Å². The van der Waals surface area contributed by atoms with Crippen LogP contribution in [0, 0.1) is 0 Å². The molecule has 12 heavy (non-hydrogen) atoms. The van der Waals surface area contributed by atoms with Crippen molar-refractivity contribution in [1.82, 2.24) is 10.3 Å². The molecule has 1 rings (SSSR count). The Labute approximate surface area is 73.1 Å². The van der Waals surface area contributed by atoms with Crippen LogP contribution in [0.1, 0.15) is 45.5 Å². The number of aryl methyl sites for hydroxylation is 1. The third kappa shape index (κ3) is 1.84. The number of hydrogen-bond donors (Lipinski definition) is 0. The first-order valence-electron chi connectivity index (χ1n) is 4.37. The monoisotopic (exact) mass is 168 g/mol. The molecule has 1 heterocycles. The van der Waals surface area contributed by atoms with Crippen molar-refractivity contribution in [2.75, 3.05) is 0 Å². The summed E-state index contributed by atoms with van der Waals surface area (Å²) in [5.41, 5.74) is 2.04. The van der Waals surface area contributed by atoms with Crippen molar-refractivity contribution in [2.24, 2.45) is 0 Å². The lowest BCUT2D eigenvalue weighted by Crippen LogP contribution is -2.14. The van der Waals surface area contributed by atoms with Crippen molar-refractivity contribution < 1.29 is 4.63 Å². The highest BCUT2D eigenvalue weighted by molar-refractivity contribution is 5.16.